The molecule has 9 heteroatoms. The highest BCUT2D eigenvalue weighted by Crippen LogP contribution is 2.26. The quantitative estimate of drug-likeness (QED) is 0.500. The molecular weight excluding hydrogens is 441 g/mol. The van der Waals surface area contributed by atoms with E-state index in [4.69, 9.17) is 0 Å². The van der Waals surface area contributed by atoms with Crippen LogP contribution < -0.4 is 4.72 Å². The fraction of sp³-hybridized carbons (Fsp3) is 0.182. The van der Waals surface area contributed by atoms with Crippen molar-refractivity contribution in [2.24, 2.45) is 0 Å². The standard InChI is InChI=1S/C22H22FNO5S2/c1-2-16-8-11-20(30(26,27)19-12-9-18(23)10-13-19)14-22(16)31(28,29)24-15-21(25)17-6-4-3-5-7-17/h3-14,21,24-25H,2,15H2,1H3. The van der Waals surface area contributed by atoms with Crippen molar-refractivity contribution >= 4 is 19.9 Å². The second-order valence-corrected chi connectivity index (χ2v) is 10.5. The normalized spacial score (nSPS) is 13.1. The summed E-state index contributed by atoms with van der Waals surface area (Å²) in [6.45, 7) is 1.48. The summed E-state index contributed by atoms with van der Waals surface area (Å²) in [4.78, 5) is -0.548. The zero-order chi connectivity index (χ0) is 22.6. The average Bonchev–Trinajstić information content (AvgIpc) is 2.78. The van der Waals surface area contributed by atoms with Crippen LogP contribution in [0.5, 0.6) is 0 Å². The Morgan fingerprint density at radius 1 is 0.903 bits per heavy atom. The number of hydrogen-bond acceptors (Lipinski definition) is 5. The molecular formula is C22H22FNO5S2. The van der Waals surface area contributed by atoms with E-state index in [2.05, 4.69) is 4.72 Å². The molecule has 0 radical (unpaired) electrons. The Labute approximate surface area is 181 Å². The predicted molar refractivity (Wildman–Crippen MR) is 114 cm³/mol. The van der Waals surface area contributed by atoms with Crippen LogP contribution in [-0.4, -0.2) is 28.5 Å². The number of halogens is 1. The van der Waals surface area contributed by atoms with Crippen molar-refractivity contribution < 1.29 is 26.3 Å². The predicted octanol–water partition coefficient (Wildman–Crippen LogP) is 3.23. The third kappa shape index (κ3) is 5.19. The first-order chi connectivity index (χ1) is 14.6. The maximum atomic E-state index is 13.2. The second-order valence-electron chi connectivity index (χ2n) is 6.86. The zero-order valence-electron chi connectivity index (χ0n) is 16.7. The van der Waals surface area contributed by atoms with E-state index in [0.717, 1.165) is 30.3 Å². The molecule has 0 spiro atoms. The first-order valence-corrected chi connectivity index (χ1v) is 12.5. The molecule has 0 aliphatic carbocycles. The lowest BCUT2D eigenvalue weighted by Gasteiger charge is -2.15. The van der Waals surface area contributed by atoms with Crippen molar-refractivity contribution in [1.29, 1.82) is 0 Å². The van der Waals surface area contributed by atoms with Gasteiger partial charge < -0.3 is 5.11 Å². The van der Waals surface area contributed by atoms with Crippen molar-refractivity contribution in [2.45, 2.75) is 34.1 Å². The highest BCUT2D eigenvalue weighted by Gasteiger charge is 2.24. The van der Waals surface area contributed by atoms with Crippen LogP contribution in [-0.2, 0) is 26.3 Å². The number of aryl methyl sites for hydroxylation is 1. The van der Waals surface area contributed by atoms with Crippen molar-refractivity contribution in [3.8, 4) is 0 Å². The topological polar surface area (TPSA) is 101 Å². The summed E-state index contributed by atoms with van der Waals surface area (Å²) in [7, 11) is -8.16. The Balaban J connectivity index is 1.93. The molecule has 0 aliphatic heterocycles. The summed E-state index contributed by atoms with van der Waals surface area (Å²) in [5, 5.41) is 10.3. The van der Waals surface area contributed by atoms with Crippen LogP contribution in [0.2, 0.25) is 0 Å². The zero-order valence-corrected chi connectivity index (χ0v) is 18.3. The second kappa shape index (κ2) is 9.27. The fourth-order valence-electron chi connectivity index (χ4n) is 3.05. The van der Waals surface area contributed by atoms with E-state index < -0.39 is 31.8 Å². The number of rotatable bonds is 8. The Kier molecular flexibility index (Phi) is 6.90. The number of sulfone groups is 1. The molecule has 3 aromatic carbocycles. The summed E-state index contributed by atoms with van der Waals surface area (Å²) in [5.41, 5.74) is 0.980. The monoisotopic (exact) mass is 463 g/mol. The summed E-state index contributed by atoms with van der Waals surface area (Å²) in [6, 6.07) is 16.7. The third-order valence-electron chi connectivity index (χ3n) is 4.79. The molecule has 6 nitrogen and oxygen atoms in total. The molecule has 0 aliphatic rings. The number of hydrogen-bond donors (Lipinski definition) is 2. The molecule has 0 heterocycles. The third-order valence-corrected chi connectivity index (χ3v) is 8.07. The summed E-state index contributed by atoms with van der Waals surface area (Å²) < 4.78 is 67.2. The summed E-state index contributed by atoms with van der Waals surface area (Å²) in [5.74, 6) is -0.579. The van der Waals surface area contributed by atoms with Gasteiger partial charge in [0, 0.05) is 6.54 Å². The average molecular weight is 464 g/mol. The molecule has 0 saturated carbocycles. The molecule has 31 heavy (non-hydrogen) atoms. The van der Waals surface area contributed by atoms with Gasteiger partial charge in [-0.1, -0.05) is 43.3 Å². The van der Waals surface area contributed by atoms with E-state index in [-0.39, 0.29) is 21.2 Å². The highest BCUT2D eigenvalue weighted by molar-refractivity contribution is 7.91. The minimum atomic E-state index is -4.11. The number of aliphatic hydroxyl groups is 1. The Morgan fingerprint density at radius 2 is 1.52 bits per heavy atom. The molecule has 0 saturated heterocycles. The first kappa shape index (κ1) is 23.1. The van der Waals surface area contributed by atoms with E-state index in [1.54, 1.807) is 37.3 Å². The Hall–Kier alpha value is -2.59. The molecule has 1 atom stereocenters. The van der Waals surface area contributed by atoms with Crippen molar-refractivity contribution in [1.82, 2.24) is 4.72 Å². The summed E-state index contributed by atoms with van der Waals surface area (Å²) in [6.07, 6.45) is -0.707. The fourth-order valence-corrected chi connectivity index (χ4v) is 5.79. The van der Waals surface area contributed by atoms with Crippen LogP contribution >= 0.6 is 0 Å². The van der Waals surface area contributed by atoms with Crippen LogP contribution in [0.3, 0.4) is 0 Å². The van der Waals surface area contributed by atoms with Gasteiger partial charge in [0.25, 0.3) is 0 Å². The van der Waals surface area contributed by atoms with E-state index in [9.17, 15) is 26.3 Å². The van der Waals surface area contributed by atoms with Crippen LogP contribution in [0, 0.1) is 5.82 Å². The van der Waals surface area contributed by atoms with Crippen LogP contribution in [0.15, 0.2) is 87.5 Å². The maximum Gasteiger partial charge on any atom is 0.240 e. The Bertz CT molecular complexity index is 1260. The minimum absolute atomic E-state index is 0.144. The van der Waals surface area contributed by atoms with Crippen molar-refractivity contribution in [3.63, 3.8) is 0 Å². The van der Waals surface area contributed by atoms with Gasteiger partial charge in [0.05, 0.1) is 20.8 Å². The van der Waals surface area contributed by atoms with Crippen LogP contribution in [0.25, 0.3) is 0 Å². The lowest BCUT2D eigenvalue weighted by molar-refractivity contribution is 0.182. The maximum absolute atomic E-state index is 13.2. The van der Waals surface area contributed by atoms with Crippen molar-refractivity contribution in [2.75, 3.05) is 6.54 Å². The van der Waals surface area contributed by atoms with Gasteiger partial charge in [0.15, 0.2) is 0 Å². The molecule has 164 valence electrons. The van der Waals surface area contributed by atoms with Gasteiger partial charge in [-0.05, 0) is 53.9 Å². The first-order valence-electron chi connectivity index (χ1n) is 9.51. The van der Waals surface area contributed by atoms with Gasteiger partial charge in [0.1, 0.15) is 5.82 Å². The Morgan fingerprint density at radius 3 is 2.13 bits per heavy atom. The van der Waals surface area contributed by atoms with E-state index in [1.807, 2.05) is 0 Å². The van der Waals surface area contributed by atoms with Gasteiger partial charge in [0.2, 0.25) is 19.9 Å². The number of nitrogens with one attached hydrogen (secondary N) is 1. The summed E-state index contributed by atoms with van der Waals surface area (Å²) >= 11 is 0. The van der Waals surface area contributed by atoms with E-state index >= 15 is 0 Å². The van der Waals surface area contributed by atoms with Gasteiger partial charge in [-0.25, -0.2) is 25.9 Å². The van der Waals surface area contributed by atoms with Crippen LogP contribution in [0.4, 0.5) is 4.39 Å². The molecule has 1 unspecified atom stereocenters. The van der Waals surface area contributed by atoms with Crippen molar-refractivity contribution in [3.05, 3.63) is 89.7 Å². The number of benzene rings is 3. The molecule has 0 fully saturated rings. The molecule has 3 rings (SSSR count). The van der Waals surface area contributed by atoms with Gasteiger partial charge in [-0.3, -0.25) is 0 Å². The minimum Gasteiger partial charge on any atom is -0.387 e. The van der Waals surface area contributed by atoms with Gasteiger partial charge in [-0.15, -0.1) is 0 Å². The lowest BCUT2D eigenvalue weighted by Crippen LogP contribution is -2.29. The smallest absolute Gasteiger partial charge is 0.240 e. The van der Waals surface area contributed by atoms with Gasteiger partial charge in [-0.2, -0.15) is 0 Å². The highest BCUT2D eigenvalue weighted by atomic mass is 32.2. The molecule has 0 bridgehead atoms. The SMILES string of the molecule is CCc1ccc(S(=O)(=O)c2ccc(F)cc2)cc1S(=O)(=O)NCC(O)c1ccccc1. The number of aliphatic hydroxyl groups excluding tert-OH is 1. The van der Waals surface area contributed by atoms with E-state index in [1.165, 1.54) is 12.1 Å². The van der Waals surface area contributed by atoms with Gasteiger partial charge >= 0.3 is 0 Å². The lowest BCUT2D eigenvalue weighted by atomic mass is 10.1. The molecule has 3 aromatic rings. The number of sulfonamides is 1. The molecule has 0 aromatic heterocycles. The molecule has 0 amide bonds. The largest absolute Gasteiger partial charge is 0.387 e. The van der Waals surface area contributed by atoms with E-state index in [0.29, 0.717) is 17.5 Å². The molecule has 2 N–H and O–H groups in total. The van der Waals surface area contributed by atoms with Crippen LogP contribution in [0.1, 0.15) is 24.2 Å².